The molecule has 0 spiro atoms. The summed E-state index contributed by atoms with van der Waals surface area (Å²) >= 11 is 0. The zero-order valence-electron chi connectivity index (χ0n) is 10.1. The standard InChI is InChI=1S/C7H6O.C6H8N4O/c8-6-7-4-2-1-3-5-7;7-10-9-6(11)5-2-1-3-8-4-5/h1-6H;1-4,10H,7H2,(H,9,11). The summed E-state index contributed by atoms with van der Waals surface area (Å²) in [6.07, 6.45) is 3.87. The highest BCUT2D eigenvalue weighted by atomic mass is 16.2. The molecule has 0 saturated carbocycles. The van der Waals surface area contributed by atoms with Crippen molar-refractivity contribution < 1.29 is 9.59 Å². The number of carbonyl (C=O) groups is 2. The van der Waals surface area contributed by atoms with E-state index >= 15 is 0 Å². The third kappa shape index (κ3) is 5.53. The van der Waals surface area contributed by atoms with Crippen LogP contribution in [-0.4, -0.2) is 17.2 Å². The van der Waals surface area contributed by atoms with Crippen LogP contribution in [0.15, 0.2) is 54.9 Å². The number of carbonyl (C=O) groups excluding carboxylic acids is 2. The molecule has 0 unspecified atom stereocenters. The van der Waals surface area contributed by atoms with Crippen LogP contribution >= 0.6 is 0 Å². The minimum atomic E-state index is -0.305. The van der Waals surface area contributed by atoms with Crippen LogP contribution in [0.1, 0.15) is 20.7 Å². The number of hydrogen-bond donors (Lipinski definition) is 3. The number of amides is 1. The van der Waals surface area contributed by atoms with Gasteiger partial charge in [-0.25, -0.2) is 0 Å². The Morgan fingerprint density at radius 1 is 1.16 bits per heavy atom. The van der Waals surface area contributed by atoms with Gasteiger partial charge in [-0.3, -0.25) is 25.8 Å². The first-order chi connectivity index (χ1) is 9.27. The monoisotopic (exact) mass is 258 g/mol. The van der Waals surface area contributed by atoms with Crippen molar-refractivity contribution in [2.24, 2.45) is 5.84 Å². The fourth-order valence-corrected chi connectivity index (χ4v) is 1.17. The van der Waals surface area contributed by atoms with E-state index in [9.17, 15) is 9.59 Å². The lowest BCUT2D eigenvalue weighted by Gasteiger charge is -2.00. The van der Waals surface area contributed by atoms with Crippen LogP contribution < -0.4 is 16.8 Å². The van der Waals surface area contributed by atoms with E-state index in [-0.39, 0.29) is 5.91 Å². The summed E-state index contributed by atoms with van der Waals surface area (Å²) in [6, 6.07) is 12.4. The first-order valence-corrected chi connectivity index (χ1v) is 5.44. The minimum absolute atomic E-state index is 0.305. The van der Waals surface area contributed by atoms with Gasteiger partial charge in [0.2, 0.25) is 0 Å². The van der Waals surface area contributed by atoms with Gasteiger partial charge in [0.15, 0.2) is 0 Å². The summed E-state index contributed by atoms with van der Waals surface area (Å²) in [5, 5.41) is 0. The van der Waals surface area contributed by atoms with Gasteiger partial charge in [-0.2, -0.15) is 5.53 Å². The molecule has 6 nitrogen and oxygen atoms in total. The third-order valence-corrected chi connectivity index (χ3v) is 2.05. The number of benzene rings is 1. The summed E-state index contributed by atoms with van der Waals surface area (Å²) in [7, 11) is 0. The third-order valence-electron chi connectivity index (χ3n) is 2.05. The van der Waals surface area contributed by atoms with Gasteiger partial charge in [-0.15, -0.1) is 0 Å². The molecule has 0 fully saturated rings. The Morgan fingerprint density at radius 3 is 2.37 bits per heavy atom. The molecule has 1 aromatic heterocycles. The highest BCUT2D eigenvalue weighted by molar-refractivity contribution is 5.93. The molecule has 0 aliphatic rings. The largest absolute Gasteiger partial charge is 0.298 e. The lowest BCUT2D eigenvalue weighted by atomic mass is 10.2. The Hall–Kier alpha value is -2.57. The van der Waals surface area contributed by atoms with Crippen molar-refractivity contribution in [3.05, 3.63) is 66.0 Å². The Bertz CT molecular complexity index is 503. The van der Waals surface area contributed by atoms with Gasteiger partial charge < -0.3 is 0 Å². The molecule has 98 valence electrons. The molecule has 0 atom stereocenters. The molecule has 0 saturated heterocycles. The van der Waals surface area contributed by atoms with E-state index in [0.717, 1.165) is 11.8 Å². The number of rotatable bonds is 3. The number of nitrogens with one attached hydrogen (secondary N) is 2. The summed E-state index contributed by atoms with van der Waals surface area (Å²) in [4.78, 5) is 24.7. The van der Waals surface area contributed by atoms with Crippen molar-refractivity contribution >= 4 is 12.2 Å². The van der Waals surface area contributed by atoms with E-state index < -0.39 is 0 Å². The number of hydrogen-bond acceptors (Lipinski definition) is 5. The van der Waals surface area contributed by atoms with Crippen LogP contribution in [0.3, 0.4) is 0 Å². The lowest BCUT2D eigenvalue weighted by Crippen LogP contribution is -2.42. The summed E-state index contributed by atoms with van der Waals surface area (Å²) in [6.45, 7) is 0. The molecule has 0 aliphatic carbocycles. The summed E-state index contributed by atoms with van der Waals surface area (Å²) < 4.78 is 0. The maximum atomic E-state index is 11.0. The smallest absolute Gasteiger partial charge is 0.268 e. The molecule has 1 aromatic carbocycles. The maximum absolute atomic E-state index is 11.0. The predicted molar refractivity (Wildman–Crippen MR) is 70.9 cm³/mol. The average Bonchev–Trinajstić information content (AvgIpc) is 2.50. The van der Waals surface area contributed by atoms with Gasteiger partial charge in [0.25, 0.3) is 5.91 Å². The van der Waals surface area contributed by atoms with Crippen molar-refractivity contribution in [2.75, 3.05) is 0 Å². The molecule has 19 heavy (non-hydrogen) atoms. The van der Waals surface area contributed by atoms with Gasteiger partial charge in [0.05, 0.1) is 5.56 Å². The van der Waals surface area contributed by atoms with Crippen molar-refractivity contribution in [1.29, 1.82) is 0 Å². The Morgan fingerprint density at radius 2 is 1.89 bits per heavy atom. The SMILES string of the molecule is NNNC(=O)c1cccnc1.O=Cc1ccccc1. The summed E-state index contributed by atoms with van der Waals surface area (Å²) in [5.74, 6) is 4.56. The second kappa shape index (κ2) is 8.51. The Labute approximate surface area is 110 Å². The maximum Gasteiger partial charge on any atom is 0.268 e. The van der Waals surface area contributed by atoms with Crippen LogP contribution in [0.2, 0.25) is 0 Å². The van der Waals surface area contributed by atoms with Gasteiger partial charge in [-0.05, 0) is 12.1 Å². The van der Waals surface area contributed by atoms with Crippen molar-refractivity contribution in [1.82, 2.24) is 15.9 Å². The van der Waals surface area contributed by atoms with Crippen LogP contribution in [0, 0.1) is 0 Å². The Balaban J connectivity index is 0.000000200. The second-order valence-electron chi connectivity index (χ2n) is 3.37. The van der Waals surface area contributed by atoms with E-state index in [2.05, 4.69) is 10.4 Å². The van der Waals surface area contributed by atoms with Gasteiger partial charge >= 0.3 is 0 Å². The topological polar surface area (TPSA) is 97.1 Å². The summed E-state index contributed by atoms with van der Waals surface area (Å²) in [5.41, 5.74) is 5.44. The predicted octanol–water partition coefficient (Wildman–Crippen LogP) is 0.689. The first kappa shape index (κ1) is 14.5. The number of pyridine rings is 1. The molecule has 0 aliphatic heterocycles. The number of aromatic nitrogens is 1. The normalized spacial score (nSPS) is 8.89. The molecule has 0 radical (unpaired) electrons. The van der Waals surface area contributed by atoms with Crippen LogP contribution in [0.4, 0.5) is 0 Å². The first-order valence-electron chi connectivity index (χ1n) is 5.44. The highest BCUT2D eigenvalue weighted by Gasteiger charge is 2.01. The number of nitrogens with zero attached hydrogens (tertiary/aromatic N) is 1. The molecule has 6 heteroatoms. The molecular weight excluding hydrogens is 244 g/mol. The number of aldehydes is 1. The lowest BCUT2D eigenvalue weighted by molar-refractivity contribution is 0.0933. The molecule has 1 heterocycles. The van der Waals surface area contributed by atoms with E-state index in [1.165, 1.54) is 6.20 Å². The van der Waals surface area contributed by atoms with Gasteiger partial charge in [0, 0.05) is 18.0 Å². The molecular formula is C13H14N4O2. The highest BCUT2D eigenvalue weighted by Crippen LogP contribution is 1.93. The van der Waals surface area contributed by atoms with E-state index in [4.69, 9.17) is 5.84 Å². The molecule has 0 bridgehead atoms. The van der Waals surface area contributed by atoms with Crippen molar-refractivity contribution in [3.63, 3.8) is 0 Å². The fourth-order valence-electron chi connectivity index (χ4n) is 1.17. The molecule has 1 amide bonds. The van der Waals surface area contributed by atoms with Gasteiger partial charge in [-0.1, -0.05) is 30.3 Å². The van der Waals surface area contributed by atoms with E-state index in [1.807, 2.05) is 23.7 Å². The molecule has 2 aromatic rings. The zero-order chi connectivity index (χ0) is 13.9. The van der Waals surface area contributed by atoms with Crippen LogP contribution in [0.5, 0.6) is 0 Å². The van der Waals surface area contributed by atoms with Gasteiger partial charge in [0.1, 0.15) is 6.29 Å². The Kier molecular flexibility index (Phi) is 6.49. The second-order valence-corrected chi connectivity index (χ2v) is 3.37. The molecule has 4 N–H and O–H groups in total. The number of hydrazine groups is 2. The van der Waals surface area contributed by atoms with Crippen LogP contribution in [-0.2, 0) is 0 Å². The number of nitrogens with two attached hydrogens (primary N) is 1. The van der Waals surface area contributed by atoms with E-state index in [1.54, 1.807) is 30.5 Å². The van der Waals surface area contributed by atoms with E-state index in [0.29, 0.717) is 5.56 Å². The van der Waals surface area contributed by atoms with Crippen LogP contribution in [0.25, 0.3) is 0 Å². The quantitative estimate of drug-likeness (QED) is 0.427. The minimum Gasteiger partial charge on any atom is -0.298 e. The van der Waals surface area contributed by atoms with Crippen molar-refractivity contribution in [2.45, 2.75) is 0 Å². The fraction of sp³-hybridized carbons (Fsp3) is 0. The zero-order valence-corrected chi connectivity index (χ0v) is 10.1. The molecule has 2 rings (SSSR count). The van der Waals surface area contributed by atoms with Crippen molar-refractivity contribution in [3.8, 4) is 0 Å². The average molecular weight is 258 g/mol.